The second-order valence-electron chi connectivity index (χ2n) is 5.24. The van der Waals surface area contributed by atoms with Crippen molar-refractivity contribution in [3.63, 3.8) is 0 Å². The van der Waals surface area contributed by atoms with Crippen molar-refractivity contribution in [2.24, 2.45) is 5.92 Å². The standard InChI is InChI=1S/C12H22N2O/c1-13(2)11-4-3-7-14(8-11)9-12(15)10-5-6-10/h10-11H,3-9H2,1-2H3. The van der Waals surface area contributed by atoms with Crippen molar-refractivity contribution in [2.75, 3.05) is 33.7 Å². The lowest BCUT2D eigenvalue weighted by atomic mass is 10.0. The molecule has 0 aromatic heterocycles. The van der Waals surface area contributed by atoms with Gasteiger partial charge in [-0.15, -0.1) is 0 Å². The maximum Gasteiger partial charge on any atom is 0.149 e. The van der Waals surface area contributed by atoms with Crippen LogP contribution in [0.25, 0.3) is 0 Å². The van der Waals surface area contributed by atoms with Crippen LogP contribution in [0.4, 0.5) is 0 Å². The molecular formula is C12H22N2O. The van der Waals surface area contributed by atoms with Crippen LogP contribution in [0.3, 0.4) is 0 Å². The van der Waals surface area contributed by atoms with E-state index in [1.807, 2.05) is 0 Å². The van der Waals surface area contributed by atoms with Gasteiger partial charge < -0.3 is 4.90 Å². The number of nitrogens with zero attached hydrogens (tertiary/aromatic N) is 2. The van der Waals surface area contributed by atoms with Crippen molar-refractivity contribution in [1.29, 1.82) is 0 Å². The summed E-state index contributed by atoms with van der Waals surface area (Å²) >= 11 is 0. The van der Waals surface area contributed by atoms with Crippen molar-refractivity contribution < 1.29 is 4.79 Å². The Kier molecular flexibility index (Phi) is 3.42. The highest BCUT2D eigenvalue weighted by molar-refractivity contribution is 5.85. The lowest BCUT2D eigenvalue weighted by Crippen LogP contribution is -2.46. The zero-order valence-electron chi connectivity index (χ0n) is 9.91. The highest BCUT2D eigenvalue weighted by atomic mass is 16.1. The van der Waals surface area contributed by atoms with Gasteiger partial charge in [0.2, 0.25) is 0 Å². The molecule has 3 heteroatoms. The second-order valence-corrected chi connectivity index (χ2v) is 5.24. The lowest BCUT2D eigenvalue weighted by molar-refractivity contribution is -0.121. The molecule has 0 aromatic carbocycles. The number of rotatable bonds is 4. The Bertz CT molecular complexity index is 236. The molecule has 1 saturated heterocycles. The van der Waals surface area contributed by atoms with Gasteiger partial charge in [-0.05, 0) is 46.3 Å². The highest BCUT2D eigenvalue weighted by Crippen LogP contribution is 2.30. The van der Waals surface area contributed by atoms with Gasteiger partial charge in [0.15, 0.2) is 0 Å². The first kappa shape index (κ1) is 11.1. The van der Waals surface area contributed by atoms with Crippen LogP contribution in [0, 0.1) is 5.92 Å². The topological polar surface area (TPSA) is 23.6 Å². The van der Waals surface area contributed by atoms with E-state index in [9.17, 15) is 4.79 Å². The molecule has 2 fully saturated rings. The summed E-state index contributed by atoms with van der Waals surface area (Å²) in [6.45, 7) is 2.89. The monoisotopic (exact) mass is 210 g/mol. The van der Waals surface area contributed by atoms with Gasteiger partial charge in [0.05, 0.1) is 6.54 Å². The first-order chi connectivity index (χ1) is 7.16. The molecule has 1 atom stereocenters. The Morgan fingerprint density at radius 3 is 2.67 bits per heavy atom. The summed E-state index contributed by atoms with van der Waals surface area (Å²) in [5.41, 5.74) is 0. The van der Waals surface area contributed by atoms with Gasteiger partial charge in [-0.2, -0.15) is 0 Å². The second kappa shape index (κ2) is 4.62. The molecule has 1 heterocycles. The van der Waals surface area contributed by atoms with Crippen LogP contribution in [0.1, 0.15) is 25.7 Å². The maximum atomic E-state index is 11.7. The zero-order chi connectivity index (χ0) is 10.8. The predicted octanol–water partition coefficient (Wildman–Crippen LogP) is 0.991. The smallest absolute Gasteiger partial charge is 0.149 e. The number of hydrogen-bond donors (Lipinski definition) is 0. The van der Waals surface area contributed by atoms with Gasteiger partial charge in [0.25, 0.3) is 0 Å². The average molecular weight is 210 g/mol. The number of hydrogen-bond acceptors (Lipinski definition) is 3. The van der Waals surface area contributed by atoms with E-state index < -0.39 is 0 Å². The minimum atomic E-state index is 0.421. The number of Topliss-reactive ketones (excluding diaryl/α,β-unsaturated/α-hetero) is 1. The molecular weight excluding hydrogens is 188 g/mol. The normalized spacial score (nSPS) is 28.3. The summed E-state index contributed by atoms with van der Waals surface area (Å²) in [6.07, 6.45) is 4.80. The van der Waals surface area contributed by atoms with Crippen LogP contribution in [0.5, 0.6) is 0 Å². The summed E-state index contributed by atoms with van der Waals surface area (Å²) in [6, 6.07) is 0.644. The summed E-state index contributed by atoms with van der Waals surface area (Å²) in [5.74, 6) is 0.902. The average Bonchev–Trinajstić information content (AvgIpc) is 3.01. The number of likely N-dealkylation sites (tertiary alicyclic amines) is 1. The molecule has 0 N–H and O–H groups in total. The van der Waals surface area contributed by atoms with Crippen molar-refractivity contribution in [1.82, 2.24) is 9.80 Å². The van der Waals surface area contributed by atoms with Crippen molar-refractivity contribution in [3.8, 4) is 0 Å². The van der Waals surface area contributed by atoms with E-state index in [0.717, 1.165) is 25.9 Å². The SMILES string of the molecule is CN(C)C1CCCN(CC(=O)C2CC2)C1. The van der Waals surface area contributed by atoms with Gasteiger partial charge in [0, 0.05) is 18.5 Å². The first-order valence-corrected chi connectivity index (χ1v) is 6.08. The van der Waals surface area contributed by atoms with E-state index in [1.165, 1.54) is 12.8 Å². The van der Waals surface area contributed by atoms with Gasteiger partial charge in [-0.3, -0.25) is 9.69 Å². The number of piperidine rings is 1. The quantitative estimate of drug-likeness (QED) is 0.691. The van der Waals surface area contributed by atoms with E-state index in [-0.39, 0.29) is 0 Å². The Morgan fingerprint density at radius 1 is 1.33 bits per heavy atom. The van der Waals surface area contributed by atoms with Gasteiger partial charge in [0.1, 0.15) is 5.78 Å². The van der Waals surface area contributed by atoms with Gasteiger partial charge in [-0.1, -0.05) is 0 Å². The van der Waals surface area contributed by atoms with E-state index in [2.05, 4.69) is 23.9 Å². The van der Waals surface area contributed by atoms with Crippen molar-refractivity contribution in [3.05, 3.63) is 0 Å². The third-order valence-electron chi connectivity index (χ3n) is 3.62. The molecule has 3 nitrogen and oxygen atoms in total. The predicted molar refractivity (Wildman–Crippen MR) is 60.9 cm³/mol. The molecule has 0 bridgehead atoms. The third-order valence-corrected chi connectivity index (χ3v) is 3.62. The number of carbonyl (C=O) groups excluding carboxylic acids is 1. The van der Waals surface area contributed by atoms with E-state index >= 15 is 0 Å². The number of carbonyl (C=O) groups is 1. The molecule has 1 unspecified atom stereocenters. The Morgan fingerprint density at radius 2 is 2.07 bits per heavy atom. The Labute approximate surface area is 92.4 Å². The Hall–Kier alpha value is -0.410. The fourth-order valence-electron chi connectivity index (χ4n) is 2.35. The van der Waals surface area contributed by atoms with Gasteiger partial charge in [-0.25, -0.2) is 0 Å². The molecule has 2 rings (SSSR count). The molecule has 1 aliphatic heterocycles. The van der Waals surface area contributed by atoms with Crippen molar-refractivity contribution in [2.45, 2.75) is 31.7 Å². The minimum Gasteiger partial charge on any atom is -0.305 e. The molecule has 2 aliphatic rings. The minimum absolute atomic E-state index is 0.421. The fourth-order valence-corrected chi connectivity index (χ4v) is 2.35. The molecule has 1 saturated carbocycles. The fraction of sp³-hybridized carbons (Fsp3) is 0.917. The number of ketones is 1. The maximum absolute atomic E-state index is 11.7. The van der Waals surface area contributed by atoms with Crippen LogP contribution in [-0.4, -0.2) is 55.4 Å². The molecule has 86 valence electrons. The highest BCUT2D eigenvalue weighted by Gasteiger charge is 2.31. The lowest BCUT2D eigenvalue weighted by Gasteiger charge is -2.35. The van der Waals surface area contributed by atoms with Crippen LogP contribution in [-0.2, 0) is 4.79 Å². The number of likely N-dealkylation sites (N-methyl/N-ethyl adjacent to an activating group) is 1. The summed E-state index contributed by atoms with van der Waals surface area (Å²) in [4.78, 5) is 16.3. The van der Waals surface area contributed by atoms with Crippen LogP contribution < -0.4 is 0 Å². The molecule has 0 aromatic rings. The molecule has 0 amide bonds. The molecule has 0 radical (unpaired) electrons. The van der Waals surface area contributed by atoms with E-state index in [4.69, 9.17) is 0 Å². The largest absolute Gasteiger partial charge is 0.305 e. The summed E-state index contributed by atoms with van der Waals surface area (Å²) < 4.78 is 0. The summed E-state index contributed by atoms with van der Waals surface area (Å²) in [7, 11) is 4.27. The Balaban J connectivity index is 1.79. The molecule has 0 spiro atoms. The third kappa shape index (κ3) is 3.02. The van der Waals surface area contributed by atoms with E-state index in [1.54, 1.807) is 0 Å². The molecule has 15 heavy (non-hydrogen) atoms. The van der Waals surface area contributed by atoms with Crippen LogP contribution in [0.2, 0.25) is 0 Å². The summed E-state index contributed by atoms with van der Waals surface area (Å²) in [5, 5.41) is 0. The van der Waals surface area contributed by atoms with E-state index in [0.29, 0.717) is 24.3 Å². The first-order valence-electron chi connectivity index (χ1n) is 6.08. The molecule has 1 aliphatic carbocycles. The van der Waals surface area contributed by atoms with Crippen molar-refractivity contribution >= 4 is 5.78 Å². The zero-order valence-corrected chi connectivity index (χ0v) is 9.91. The van der Waals surface area contributed by atoms with Crippen LogP contribution >= 0.6 is 0 Å². The van der Waals surface area contributed by atoms with Crippen LogP contribution in [0.15, 0.2) is 0 Å². The van der Waals surface area contributed by atoms with Gasteiger partial charge >= 0.3 is 0 Å².